The molecule has 0 aliphatic carbocycles. The molecule has 0 unspecified atom stereocenters. The minimum Gasteiger partial charge on any atom is -0.497 e. The van der Waals surface area contributed by atoms with E-state index in [4.69, 9.17) is 23.1 Å². The molecule has 6 nitrogen and oxygen atoms in total. The number of methoxy groups -OCH3 is 2. The highest BCUT2D eigenvalue weighted by atomic mass is 28.4. The second kappa shape index (κ2) is 13.0. The predicted molar refractivity (Wildman–Crippen MR) is 153 cm³/mol. The van der Waals surface area contributed by atoms with Crippen LogP contribution >= 0.6 is 0 Å². The molecular formula is C28H52O6Si2. The Balaban J connectivity index is 3.16. The maximum atomic E-state index is 13.0. The van der Waals surface area contributed by atoms with Crippen molar-refractivity contribution < 1.29 is 27.9 Å². The lowest BCUT2D eigenvalue weighted by Gasteiger charge is -2.41. The summed E-state index contributed by atoms with van der Waals surface area (Å²) in [6, 6.07) is 7.85. The van der Waals surface area contributed by atoms with Crippen molar-refractivity contribution in [3.8, 4) is 5.75 Å². The molecule has 1 aromatic carbocycles. The molecule has 0 amide bonds. The molecule has 0 saturated carbocycles. The largest absolute Gasteiger partial charge is 0.497 e. The minimum absolute atomic E-state index is 0.0378. The van der Waals surface area contributed by atoms with Gasteiger partial charge in [0.25, 0.3) is 0 Å². The van der Waals surface area contributed by atoms with E-state index in [1.165, 1.54) is 7.11 Å². The number of hydrogen-bond donors (Lipinski definition) is 0. The first kappa shape index (κ1) is 32.8. The first-order valence-corrected chi connectivity index (χ1v) is 18.8. The summed E-state index contributed by atoms with van der Waals surface area (Å²) >= 11 is 0. The van der Waals surface area contributed by atoms with Gasteiger partial charge in [-0.15, -0.1) is 0 Å². The van der Waals surface area contributed by atoms with Crippen LogP contribution in [0.15, 0.2) is 24.3 Å². The molecule has 0 aromatic heterocycles. The van der Waals surface area contributed by atoms with Gasteiger partial charge in [-0.05, 0) is 60.4 Å². The molecule has 0 aliphatic rings. The summed E-state index contributed by atoms with van der Waals surface area (Å²) in [5.41, 5.74) is 1.04. The number of hydrogen-bond acceptors (Lipinski definition) is 6. The Hall–Kier alpha value is -1.20. The van der Waals surface area contributed by atoms with E-state index in [2.05, 4.69) is 67.7 Å². The average molecular weight is 541 g/mol. The monoisotopic (exact) mass is 540 g/mol. The zero-order chi connectivity index (χ0) is 27.9. The van der Waals surface area contributed by atoms with Gasteiger partial charge in [-0.1, -0.05) is 60.6 Å². The molecule has 8 heteroatoms. The van der Waals surface area contributed by atoms with E-state index in [0.29, 0.717) is 19.6 Å². The fraction of sp³-hybridized carbons (Fsp3) is 0.750. The van der Waals surface area contributed by atoms with Crippen molar-refractivity contribution in [3.05, 3.63) is 29.8 Å². The molecule has 0 fully saturated rings. The summed E-state index contributed by atoms with van der Waals surface area (Å²) in [7, 11) is -1.07. The van der Waals surface area contributed by atoms with Gasteiger partial charge in [-0.3, -0.25) is 0 Å². The van der Waals surface area contributed by atoms with E-state index in [1.54, 1.807) is 7.11 Å². The molecule has 1 aromatic rings. The van der Waals surface area contributed by atoms with Crippen LogP contribution < -0.4 is 4.74 Å². The van der Waals surface area contributed by atoms with Crippen molar-refractivity contribution in [1.82, 2.24) is 0 Å². The number of esters is 1. The van der Waals surface area contributed by atoms with Crippen molar-refractivity contribution in [2.24, 2.45) is 5.92 Å². The smallest absolute Gasteiger partial charge is 0.334 e. The molecule has 0 heterocycles. The molecule has 0 radical (unpaired) electrons. The average Bonchev–Trinajstić information content (AvgIpc) is 2.77. The molecule has 208 valence electrons. The standard InChI is InChI=1S/C28H52O6Si2/c1-21(25(26(29)31-9)34-36(12,13)28(5,6)7)24(18-19-33-35(10,11)27(2,3)4)32-20-22-14-16-23(30-8)17-15-22/h14-17,21,24-25H,18-20H2,1-13H3/t21-,24+,25+/m1/s1. The van der Waals surface area contributed by atoms with Crippen LogP contribution in [-0.2, 0) is 29.7 Å². The molecular weight excluding hydrogens is 488 g/mol. The summed E-state index contributed by atoms with van der Waals surface area (Å²) in [6.07, 6.45) is -0.284. The van der Waals surface area contributed by atoms with Crippen LogP contribution in [0.3, 0.4) is 0 Å². The molecule has 0 spiro atoms. The van der Waals surface area contributed by atoms with Crippen LogP contribution in [0.5, 0.6) is 5.75 Å². The molecule has 0 N–H and O–H groups in total. The van der Waals surface area contributed by atoms with E-state index >= 15 is 0 Å². The van der Waals surface area contributed by atoms with Crippen molar-refractivity contribution in [2.75, 3.05) is 20.8 Å². The number of carbonyl (C=O) groups excluding carboxylic acids is 1. The summed E-state index contributed by atoms with van der Waals surface area (Å²) in [6.45, 7) is 25.1. The van der Waals surface area contributed by atoms with Gasteiger partial charge in [0.05, 0.1) is 26.9 Å². The van der Waals surface area contributed by atoms with Crippen molar-refractivity contribution in [3.63, 3.8) is 0 Å². The zero-order valence-corrected chi connectivity index (χ0v) is 27.1. The molecule has 0 aliphatic heterocycles. The zero-order valence-electron chi connectivity index (χ0n) is 25.1. The van der Waals surface area contributed by atoms with Crippen molar-refractivity contribution in [1.29, 1.82) is 0 Å². The fourth-order valence-corrected chi connectivity index (χ4v) is 5.61. The summed E-state index contributed by atoms with van der Waals surface area (Å²) in [5, 5.41) is 0.0853. The quantitative estimate of drug-likeness (QED) is 0.195. The highest BCUT2D eigenvalue weighted by Crippen LogP contribution is 2.39. The van der Waals surface area contributed by atoms with Crippen LogP contribution in [-0.4, -0.2) is 55.6 Å². The highest BCUT2D eigenvalue weighted by molar-refractivity contribution is 6.74. The Morgan fingerprint density at radius 2 is 1.42 bits per heavy atom. The minimum atomic E-state index is -2.23. The number of ether oxygens (including phenoxy) is 3. The van der Waals surface area contributed by atoms with Crippen molar-refractivity contribution in [2.45, 2.75) is 110 Å². The van der Waals surface area contributed by atoms with Gasteiger partial charge in [-0.2, -0.15) is 0 Å². The van der Waals surface area contributed by atoms with Crippen LogP contribution in [0, 0.1) is 5.92 Å². The molecule has 1 rings (SSSR count). The highest BCUT2D eigenvalue weighted by Gasteiger charge is 2.44. The van der Waals surface area contributed by atoms with Crippen LogP contribution in [0.25, 0.3) is 0 Å². The third-order valence-corrected chi connectivity index (χ3v) is 17.0. The Morgan fingerprint density at radius 1 is 0.889 bits per heavy atom. The maximum Gasteiger partial charge on any atom is 0.334 e. The lowest BCUT2D eigenvalue weighted by molar-refractivity contribution is -0.156. The predicted octanol–water partition coefficient (Wildman–Crippen LogP) is 7.19. The topological polar surface area (TPSA) is 63.2 Å². The van der Waals surface area contributed by atoms with E-state index < -0.39 is 22.7 Å². The molecule has 3 atom stereocenters. The summed E-state index contributed by atoms with van der Waals surface area (Å²) < 4.78 is 30.0. The molecule has 36 heavy (non-hydrogen) atoms. The van der Waals surface area contributed by atoms with Gasteiger partial charge in [0.2, 0.25) is 0 Å². The van der Waals surface area contributed by atoms with Crippen LogP contribution in [0.2, 0.25) is 36.3 Å². The first-order valence-electron chi connectivity index (χ1n) is 13.0. The van der Waals surface area contributed by atoms with E-state index in [0.717, 1.165) is 11.3 Å². The SMILES string of the molecule is COC(=O)[C@@H](O[Si](C)(C)C(C)(C)C)[C@H](C)[C@H](CCO[Si](C)(C)C(C)(C)C)OCc1ccc(OC)cc1. The molecule has 0 saturated heterocycles. The normalized spacial score (nSPS) is 15.8. The van der Waals surface area contributed by atoms with Gasteiger partial charge in [0.15, 0.2) is 16.6 Å². The van der Waals surface area contributed by atoms with Gasteiger partial charge in [-0.25, -0.2) is 4.79 Å². The fourth-order valence-electron chi connectivity index (χ4n) is 3.25. The van der Waals surface area contributed by atoms with Gasteiger partial charge < -0.3 is 23.1 Å². The van der Waals surface area contributed by atoms with E-state index in [1.807, 2.05) is 31.2 Å². The summed E-state index contributed by atoms with van der Waals surface area (Å²) in [4.78, 5) is 13.0. The first-order chi connectivity index (χ1) is 16.4. The second-order valence-electron chi connectivity index (χ2n) is 12.8. The van der Waals surface area contributed by atoms with Crippen LogP contribution in [0.1, 0.15) is 60.5 Å². The van der Waals surface area contributed by atoms with E-state index in [-0.39, 0.29) is 28.1 Å². The second-order valence-corrected chi connectivity index (χ2v) is 22.3. The van der Waals surface area contributed by atoms with Crippen LogP contribution in [0.4, 0.5) is 0 Å². The lowest BCUT2D eigenvalue weighted by Crippen LogP contribution is -2.50. The van der Waals surface area contributed by atoms with Gasteiger partial charge in [0.1, 0.15) is 11.9 Å². The summed E-state index contributed by atoms with van der Waals surface area (Å²) in [5.74, 6) is 0.239. The van der Waals surface area contributed by atoms with Gasteiger partial charge >= 0.3 is 5.97 Å². The number of benzene rings is 1. The van der Waals surface area contributed by atoms with E-state index in [9.17, 15) is 4.79 Å². The Bertz CT molecular complexity index is 809. The number of rotatable bonds is 13. The molecule has 0 bridgehead atoms. The van der Waals surface area contributed by atoms with Gasteiger partial charge in [0, 0.05) is 12.5 Å². The maximum absolute atomic E-state index is 13.0. The third kappa shape index (κ3) is 9.28. The Morgan fingerprint density at radius 3 is 1.86 bits per heavy atom. The Labute approximate surface area is 222 Å². The van der Waals surface area contributed by atoms with Crippen molar-refractivity contribution >= 4 is 22.6 Å². The number of carbonyl (C=O) groups is 1. The third-order valence-electron chi connectivity index (χ3n) is 8.02. The Kier molecular flexibility index (Phi) is 11.9. The lowest BCUT2D eigenvalue weighted by atomic mass is 9.95.